The Hall–Kier alpha value is -1.59. The number of benzene rings is 1. The summed E-state index contributed by atoms with van der Waals surface area (Å²) in [7, 11) is 0. The minimum Gasteiger partial charge on any atom is -0.343 e. The van der Waals surface area contributed by atoms with E-state index in [0.29, 0.717) is 5.69 Å². The van der Waals surface area contributed by atoms with Gasteiger partial charge < -0.3 is 9.88 Å². The van der Waals surface area contributed by atoms with Crippen LogP contribution in [-0.2, 0) is 6.54 Å². The maximum atomic E-state index is 12.3. The topological polar surface area (TPSA) is 34.0 Å². The van der Waals surface area contributed by atoms with Crippen LogP contribution in [0, 0.1) is 0 Å². The third kappa shape index (κ3) is 2.51. The molecule has 3 aromatic rings. The minimum absolute atomic E-state index is 0.0906. The van der Waals surface area contributed by atoms with Crippen LogP contribution in [0.25, 0.3) is 10.1 Å². The van der Waals surface area contributed by atoms with Crippen molar-refractivity contribution in [2.24, 2.45) is 0 Å². The van der Waals surface area contributed by atoms with Gasteiger partial charge in [-0.05, 0) is 64.0 Å². The molecule has 0 atom stereocenters. The van der Waals surface area contributed by atoms with Crippen LogP contribution in [0.5, 0.6) is 0 Å². The van der Waals surface area contributed by atoms with Gasteiger partial charge in [0.2, 0.25) is 0 Å². The van der Waals surface area contributed by atoms with Gasteiger partial charge >= 0.3 is 0 Å². The SMILES string of the molecule is CCn1cc(Br)cc1C(=O)Nc1ccc2sccc2c1. The van der Waals surface area contributed by atoms with Crippen molar-refractivity contribution in [3.63, 3.8) is 0 Å². The van der Waals surface area contributed by atoms with Crippen LogP contribution < -0.4 is 5.32 Å². The lowest BCUT2D eigenvalue weighted by molar-refractivity contribution is 0.101. The lowest BCUT2D eigenvalue weighted by atomic mass is 10.2. The van der Waals surface area contributed by atoms with E-state index in [-0.39, 0.29) is 5.91 Å². The fourth-order valence-corrected chi connectivity index (χ4v) is 3.40. The Balaban J connectivity index is 1.87. The molecule has 3 nitrogen and oxygen atoms in total. The van der Waals surface area contributed by atoms with Crippen molar-refractivity contribution in [1.82, 2.24) is 4.57 Å². The molecule has 0 aliphatic carbocycles. The molecule has 1 amide bonds. The minimum atomic E-state index is -0.0906. The van der Waals surface area contributed by atoms with E-state index >= 15 is 0 Å². The summed E-state index contributed by atoms with van der Waals surface area (Å²) in [5, 5.41) is 6.16. The summed E-state index contributed by atoms with van der Waals surface area (Å²) in [6.45, 7) is 2.78. The van der Waals surface area contributed by atoms with Crippen molar-refractivity contribution in [3.8, 4) is 0 Å². The van der Waals surface area contributed by atoms with Crippen LogP contribution in [0.15, 0.2) is 46.4 Å². The van der Waals surface area contributed by atoms with E-state index in [9.17, 15) is 4.79 Å². The second-order valence-electron chi connectivity index (χ2n) is 4.46. The highest BCUT2D eigenvalue weighted by Gasteiger charge is 2.12. The molecular weight excluding hydrogens is 336 g/mol. The number of nitrogens with zero attached hydrogens (tertiary/aromatic N) is 1. The Bertz CT molecular complexity index is 775. The first-order valence-corrected chi connectivity index (χ1v) is 7.99. The number of amides is 1. The molecule has 0 spiro atoms. The zero-order valence-corrected chi connectivity index (χ0v) is 13.3. The zero-order chi connectivity index (χ0) is 14.1. The lowest BCUT2D eigenvalue weighted by Crippen LogP contribution is -2.16. The average molecular weight is 349 g/mol. The van der Waals surface area contributed by atoms with Gasteiger partial charge in [0.25, 0.3) is 5.91 Å². The molecule has 3 rings (SSSR count). The largest absolute Gasteiger partial charge is 0.343 e. The number of halogens is 1. The standard InChI is InChI=1S/C15H13BrN2OS/c1-2-18-9-11(16)8-13(18)15(19)17-12-3-4-14-10(7-12)5-6-20-14/h3-9H,2H2,1H3,(H,17,19). The Morgan fingerprint density at radius 1 is 1.35 bits per heavy atom. The third-order valence-corrected chi connectivity index (χ3v) is 4.48. The second-order valence-corrected chi connectivity index (χ2v) is 6.32. The molecular formula is C15H13BrN2OS. The van der Waals surface area contributed by atoms with Gasteiger partial charge in [0.1, 0.15) is 5.69 Å². The smallest absolute Gasteiger partial charge is 0.272 e. The number of carbonyl (C=O) groups is 1. The van der Waals surface area contributed by atoms with Gasteiger partial charge in [-0.1, -0.05) is 0 Å². The molecule has 0 bridgehead atoms. The van der Waals surface area contributed by atoms with Crippen LogP contribution in [0.2, 0.25) is 0 Å². The molecule has 2 aromatic heterocycles. The third-order valence-electron chi connectivity index (χ3n) is 3.15. The summed E-state index contributed by atoms with van der Waals surface area (Å²) in [5.74, 6) is -0.0906. The first-order chi connectivity index (χ1) is 9.67. The van der Waals surface area contributed by atoms with Gasteiger partial charge in [0.15, 0.2) is 0 Å². The maximum absolute atomic E-state index is 12.3. The fourth-order valence-electron chi connectivity index (χ4n) is 2.17. The first-order valence-electron chi connectivity index (χ1n) is 6.31. The molecule has 0 fully saturated rings. The van der Waals surface area contributed by atoms with Gasteiger partial charge in [-0.25, -0.2) is 0 Å². The van der Waals surface area contributed by atoms with Crippen molar-refractivity contribution < 1.29 is 4.79 Å². The van der Waals surface area contributed by atoms with E-state index in [1.54, 1.807) is 11.3 Å². The molecule has 0 aliphatic rings. The zero-order valence-electron chi connectivity index (χ0n) is 10.9. The lowest BCUT2D eigenvalue weighted by Gasteiger charge is -2.07. The molecule has 2 heterocycles. The Morgan fingerprint density at radius 2 is 2.20 bits per heavy atom. The Kier molecular flexibility index (Phi) is 3.63. The van der Waals surface area contributed by atoms with Crippen molar-refractivity contribution in [1.29, 1.82) is 0 Å². The van der Waals surface area contributed by atoms with Crippen molar-refractivity contribution in [3.05, 3.63) is 52.1 Å². The van der Waals surface area contributed by atoms with Crippen LogP contribution in [0.1, 0.15) is 17.4 Å². The average Bonchev–Trinajstić information content (AvgIpc) is 3.03. The monoisotopic (exact) mass is 348 g/mol. The van der Waals surface area contributed by atoms with E-state index in [1.807, 2.05) is 42.0 Å². The summed E-state index contributed by atoms with van der Waals surface area (Å²) >= 11 is 5.10. The highest BCUT2D eigenvalue weighted by Crippen LogP contribution is 2.24. The summed E-state index contributed by atoms with van der Waals surface area (Å²) in [4.78, 5) is 12.3. The van der Waals surface area contributed by atoms with Gasteiger partial charge in [-0.15, -0.1) is 11.3 Å². The molecule has 102 valence electrons. The maximum Gasteiger partial charge on any atom is 0.272 e. The molecule has 0 saturated carbocycles. The van der Waals surface area contributed by atoms with Gasteiger partial charge in [-0.3, -0.25) is 4.79 Å². The number of hydrogen-bond donors (Lipinski definition) is 1. The number of nitrogens with one attached hydrogen (secondary N) is 1. The summed E-state index contributed by atoms with van der Waals surface area (Å²) < 4.78 is 4.06. The number of rotatable bonds is 3. The molecule has 0 aliphatic heterocycles. The van der Waals surface area contributed by atoms with Gasteiger partial charge in [-0.2, -0.15) is 0 Å². The number of aryl methyl sites for hydroxylation is 1. The molecule has 5 heteroatoms. The number of fused-ring (bicyclic) bond motifs is 1. The number of anilines is 1. The molecule has 0 saturated heterocycles. The second kappa shape index (κ2) is 5.42. The number of carbonyl (C=O) groups excluding carboxylic acids is 1. The molecule has 0 radical (unpaired) electrons. The van der Waals surface area contributed by atoms with Crippen LogP contribution in [-0.4, -0.2) is 10.5 Å². The quantitative estimate of drug-likeness (QED) is 0.728. The molecule has 20 heavy (non-hydrogen) atoms. The van der Waals surface area contributed by atoms with Crippen molar-refractivity contribution in [2.45, 2.75) is 13.5 Å². The van der Waals surface area contributed by atoms with E-state index in [2.05, 4.69) is 32.7 Å². The van der Waals surface area contributed by atoms with Crippen molar-refractivity contribution in [2.75, 3.05) is 5.32 Å². The Morgan fingerprint density at radius 3 is 3.00 bits per heavy atom. The van der Waals surface area contributed by atoms with E-state index in [1.165, 1.54) is 4.70 Å². The van der Waals surface area contributed by atoms with Crippen LogP contribution in [0.3, 0.4) is 0 Å². The van der Waals surface area contributed by atoms with E-state index < -0.39 is 0 Å². The number of aromatic nitrogens is 1. The highest BCUT2D eigenvalue weighted by molar-refractivity contribution is 9.10. The van der Waals surface area contributed by atoms with Crippen molar-refractivity contribution >= 4 is 48.9 Å². The molecule has 1 N–H and O–H groups in total. The summed E-state index contributed by atoms with van der Waals surface area (Å²) in [5.41, 5.74) is 1.48. The normalized spacial score (nSPS) is 10.9. The molecule has 1 aromatic carbocycles. The summed E-state index contributed by atoms with van der Waals surface area (Å²) in [6.07, 6.45) is 1.91. The number of hydrogen-bond acceptors (Lipinski definition) is 2. The van der Waals surface area contributed by atoms with Gasteiger partial charge in [0.05, 0.1) is 0 Å². The fraction of sp³-hybridized carbons (Fsp3) is 0.133. The number of thiophene rings is 1. The highest BCUT2D eigenvalue weighted by atomic mass is 79.9. The molecule has 0 unspecified atom stereocenters. The van der Waals surface area contributed by atoms with Crippen LogP contribution >= 0.6 is 27.3 Å². The van der Waals surface area contributed by atoms with Crippen LogP contribution in [0.4, 0.5) is 5.69 Å². The predicted molar refractivity (Wildman–Crippen MR) is 87.6 cm³/mol. The Labute approximate surface area is 129 Å². The van der Waals surface area contributed by atoms with E-state index in [4.69, 9.17) is 0 Å². The predicted octanol–water partition coefficient (Wildman–Crippen LogP) is 4.74. The first kappa shape index (κ1) is 13.4. The summed E-state index contributed by atoms with van der Waals surface area (Å²) in [6, 6.07) is 9.86. The van der Waals surface area contributed by atoms with E-state index in [0.717, 1.165) is 22.1 Å². The van der Waals surface area contributed by atoms with Gasteiger partial charge in [0, 0.05) is 27.6 Å².